The number of carboxylic acids is 2. The summed E-state index contributed by atoms with van der Waals surface area (Å²) in [7, 11) is 1.65. The van der Waals surface area contributed by atoms with Crippen molar-refractivity contribution in [3.63, 3.8) is 0 Å². The van der Waals surface area contributed by atoms with Crippen molar-refractivity contribution >= 4 is 41.5 Å². The van der Waals surface area contributed by atoms with Crippen LogP contribution in [0.5, 0.6) is 0 Å². The highest BCUT2D eigenvalue weighted by Crippen LogP contribution is 2.58. The number of pyridine rings is 1. The van der Waals surface area contributed by atoms with Crippen molar-refractivity contribution in [2.75, 3.05) is 26.1 Å². The van der Waals surface area contributed by atoms with E-state index in [4.69, 9.17) is 4.74 Å². The first kappa shape index (κ1) is 43.3. The first-order chi connectivity index (χ1) is 27.0. The Balaban J connectivity index is 1.50. The number of carbonyl (C=O) groups excluding carboxylic acids is 3. The molecule has 16 heteroatoms. The average Bonchev–Trinajstić information content (AvgIpc) is 3.79. The quantitative estimate of drug-likeness (QED) is 0.0571. The van der Waals surface area contributed by atoms with Crippen LogP contribution in [0.2, 0.25) is 0 Å². The molecule has 1 aromatic heterocycles. The molecule has 2 heterocycles. The molecule has 0 saturated heterocycles. The van der Waals surface area contributed by atoms with Gasteiger partial charge in [-0.05, 0) is 99.4 Å². The maximum atomic E-state index is 14.3. The number of esters is 1. The van der Waals surface area contributed by atoms with Crippen LogP contribution in [-0.2, 0) is 35.1 Å². The van der Waals surface area contributed by atoms with Gasteiger partial charge in [-0.15, -0.1) is 11.8 Å². The van der Waals surface area contributed by atoms with Crippen LogP contribution in [0.3, 0.4) is 0 Å². The number of nitrogens with zero attached hydrogens (tertiary/aromatic N) is 1. The molecule has 1 aliphatic heterocycles. The third kappa shape index (κ3) is 10.8. The Morgan fingerprint density at radius 3 is 2.38 bits per heavy atom. The topological polar surface area (TPSA) is 237 Å². The Morgan fingerprint density at radius 1 is 1.00 bits per heavy atom. The van der Waals surface area contributed by atoms with Gasteiger partial charge < -0.3 is 41.1 Å². The molecule has 1 saturated carbocycles. The molecular formula is C40H57N5O10S. The number of carboxylic acid groups (broad SMARTS) is 2. The summed E-state index contributed by atoms with van der Waals surface area (Å²) in [6.07, 6.45) is 12.1. The van der Waals surface area contributed by atoms with Crippen molar-refractivity contribution in [3.8, 4) is 0 Å². The molecular weight excluding hydrogens is 743 g/mol. The fraction of sp³-hybridized carbons (Fsp3) is 0.650. The van der Waals surface area contributed by atoms with E-state index in [0.717, 1.165) is 80.9 Å². The molecule has 0 aromatic carbocycles. The third-order valence-corrected chi connectivity index (χ3v) is 13.3. The highest BCUT2D eigenvalue weighted by molar-refractivity contribution is 8.00. The van der Waals surface area contributed by atoms with Gasteiger partial charge in [-0.2, -0.15) is 0 Å². The number of hydrogen-bond donors (Lipinski definition) is 8. The molecule has 6 unspecified atom stereocenters. The number of carbonyl (C=O) groups is 5. The standard InChI is InChI=1S/C40H57N5O10S/c1-41-23-43-28(37(50)51)10-11-30(47)44-29(35(48)45-36(49)38(52)53)22-56-34-33-31-25(8-3-2-4-14-40(34)15-5-6-16-40)21-26(20-24-12-17-42-18-13-24)27(9-7-19-46)32(31)39(54)55-33/h12-13,17-18,25,28-29,32,34,36,41,43,46,49H,2-11,14-16,19-23H2,1H3,(H,44,47)(H,45,48)(H,50,51)(H,52,53). The van der Waals surface area contributed by atoms with Gasteiger partial charge in [0.2, 0.25) is 18.0 Å². The van der Waals surface area contributed by atoms with Crippen LogP contribution in [0.4, 0.5) is 0 Å². The molecule has 4 aliphatic rings. The van der Waals surface area contributed by atoms with Gasteiger partial charge in [-0.1, -0.05) is 43.3 Å². The number of aliphatic hydroxyl groups excluding tert-OH is 2. The van der Waals surface area contributed by atoms with E-state index < -0.39 is 48.0 Å². The minimum absolute atomic E-state index is 0.0140. The second-order valence-corrected chi connectivity index (χ2v) is 16.6. The largest absolute Gasteiger partial charge is 0.480 e. The Kier molecular flexibility index (Phi) is 15.9. The summed E-state index contributed by atoms with van der Waals surface area (Å²) in [4.78, 5) is 68.5. The molecule has 308 valence electrons. The summed E-state index contributed by atoms with van der Waals surface area (Å²) in [5, 5.41) is 48.9. The van der Waals surface area contributed by atoms with E-state index in [1.165, 1.54) is 17.3 Å². The summed E-state index contributed by atoms with van der Waals surface area (Å²) in [6, 6.07) is 1.64. The van der Waals surface area contributed by atoms with Crippen molar-refractivity contribution in [1.82, 2.24) is 26.3 Å². The Labute approximate surface area is 331 Å². The zero-order valence-corrected chi connectivity index (χ0v) is 32.9. The van der Waals surface area contributed by atoms with Crippen molar-refractivity contribution < 1.29 is 49.1 Å². The molecule has 1 spiro atoms. The van der Waals surface area contributed by atoms with E-state index in [2.05, 4.69) is 26.3 Å². The number of rotatable bonds is 19. The van der Waals surface area contributed by atoms with Crippen molar-refractivity contribution in [2.24, 2.45) is 17.3 Å². The van der Waals surface area contributed by atoms with Crippen molar-refractivity contribution in [1.29, 1.82) is 0 Å². The zero-order valence-electron chi connectivity index (χ0n) is 32.1. The van der Waals surface area contributed by atoms with E-state index >= 15 is 0 Å². The van der Waals surface area contributed by atoms with E-state index in [1.807, 2.05) is 12.1 Å². The molecule has 1 fully saturated rings. The summed E-state index contributed by atoms with van der Waals surface area (Å²) in [5.74, 6) is -4.56. The maximum absolute atomic E-state index is 14.3. The molecule has 1 aromatic rings. The Hall–Kier alpha value is -3.83. The lowest BCUT2D eigenvalue weighted by atomic mass is 9.67. The maximum Gasteiger partial charge on any atom is 0.353 e. The van der Waals surface area contributed by atoms with E-state index in [0.29, 0.717) is 25.0 Å². The molecule has 5 rings (SSSR count). The number of aliphatic hydroxyl groups is 2. The predicted molar refractivity (Wildman–Crippen MR) is 208 cm³/mol. The minimum atomic E-state index is -2.21. The van der Waals surface area contributed by atoms with E-state index in [9.17, 15) is 44.4 Å². The van der Waals surface area contributed by atoms with Gasteiger partial charge in [0.05, 0.1) is 5.25 Å². The van der Waals surface area contributed by atoms with Gasteiger partial charge in [0.1, 0.15) is 23.8 Å². The lowest BCUT2D eigenvalue weighted by molar-refractivity contribution is -0.151. The smallest absolute Gasteiger partial charge is 0.353 e. The van der Waals surface area contributed by atoms with E-state index in [1.54, 1.807) is 19.4 Å². The lowest BCUT2D eigenvalue weighted by Gasteiger charge is -2.40. The predicted octanol–water partition coefficient (Wildman–Crippen LogP) is 2.77. The van der Waals surface area contributed by atoms with Crippen LogP contribution >= 0.6 is 11.8 Å². The summed E-state index contributed by atoms with van der Waals surface area (Å²) < 4.78 is 6.45. The summed E-state index contributed by atoms with van der Waals surface area (Å²) in [6.45, 7) is 0.186. The number of amides is 2. The monoisotopic (exact) mass is 799 g/mol. The van der Waals surface area contributed by atoms with Gasteiger partial charge in [0.15, 0.2) is 0 Å². The van der Waals surface area contributed by atoms with Crippen LogP contribution in [0, 0.1) is 17.3 Å². The minimum Gasteiger partial charge on any atom is -0.480 e. The van der Waals surface area contributed by atoms with E-state index in [-0.39, 0.29) is 54.4 Å². The first-order valence-electron chi connectivity index (χ1n) is 19.9. The second kappa shape index (κ2) is 20.5. The highest BCUT2D eigenvalue weighted by atomic mass is 32.2. The zero-order chi connectivity index (χ0) is 40.2. The Morgan fingerprint density at radius 2 is 1.71 bits per heavy atom. The van der Waals surface area contributed by atoms with Crippen LogP contribution in [0.15, 0.2) is 47.0 Å². The average molecular weight is 800 g/mol. The van der Waals surface area contributed by atoms with Gasteiger partial charge >= 0.3 is 17.9 Å². The number of nitrogens with one attached hydrogen (secondary N) is 4. The summed E-state index contributed by atoms with van der Waals surface area (Å²) >= 11 is 1.41. The second-order valence-electron chi connectivity index (χ2n) is 15.5. The van der Waals surface area contributed by atoms with Gasteiger partial charge in [0, 0.05) is 37.8 Å². The lowest BCUT2D eigenvalue weighted by Crippen LogP contribution is -2.53. The SMILES string of the molecule is CNCNC(CCC(=O)NC(CSC1C2=C3C(CCCCCC14CCCC4)CC(Cc1ccncc1)=C(CCCO)C3C(=O)O2)C(=O)NC(O)C(=O)O)C(=O)O. The molecule has 3 aliphatic carbocycles. The van der Waals surface area contributed by atoms with Crippen LogP contribution in [-0.4, -0.2) is 105 Å². The molecule has 6 atom stereocenters. The molecule has 15 nitrogen and oxygen atoms in total. The molecule has 0 bridgehead atoms. The van der Waals surface area contributed by atoms with Crippen LogP contribution in [0.25, 0.3) is 0 Å². The van der Waals surface area contributed by atoms with Crippen LogP contribution in [0.1, 0.15) is 95.5 Å². The van der Waals surface area contributed by atoms with Gasteiger partial charge in [-0.25, -0.2) is 4.79 Å². The van der Waals surface area contributed by atoms with Gasteiger partial charge in [0.25, 0.3) is 0 Å². The molecule has 8 N–H and O–H groups in total. The summed E-state index contributed by atoms with van der Waals surface area (Å²) in [5.41, 5.74) is 4.03. The number of aliphatic carboxylic acids is 2. The number of ether oxygens (including phenoxy) is 1. The number of hydrogen-bond acceptors (Lipinski definition) is 12. The highest BCUT2D eigenvalue weighted by Gasteiger charge is 2.53. The first-order valence-corrected chi connectivity index (χ1v) is 20.9. The molecule has 56 heavy (non-hydrogen) atoms. The normalized spacial score (nSPS) is 23.6. The molecule has 0 radical (unpaired) electrons. The Bertz CT molecular complexity index is 1630. The number of thioether (sulfide) groups is 1. The van der Waals surface area contributed by atoms with Crippen LogP contribution < -0.4 is 21.3 Å². The number of aromatic nitrogens is 1. The van der Waals surface area contributed by atoms with Crippen molar-refractivity contribution in [2.45, 2.75) is 120 Å². The number of allylic oxidation sites excluding steroid dienone is 1. The fourth-order valence-electron chi connectivity index (χ4n) is 9.04. The fourth-order valence-corrected chi connectivity index (χ4v) is 10.7. The van der Waals surface area contributed by atoms with Gasteiger partial charge in [-0.3, -0.25) is 29.5 Å². The molecule has 2 amide bonds. The third-order valence-electron chi connectivity index (χ3n) is 11.7. The van der Waals surface area contributed by atoms with Crippen molar-refractivity contribution in [3.05, 3.63) is 52.6 Å².